The van der Waals surface area contributed by atoms with E-state index in [1.165, 1.54) is 38.5 Å². The van der Waals surface area contributed by atoms with Gasteiger partial charge in [0.15, 0.2) is 0 Å². The summed E-state index contributed by atoms with van der Waals surface area (Å²) in [5.74, 6) is 1.38. The van der Waals surface area contributed by atoms with E-state index in [1.807, 2.05) is 6.92 Å². The summed E-state index contributed by atoms with van der Waals surface area (Å²) >= 11 is 0. The predicted molar refractivity (Wildman–Crippen MR) is 125 cm³/mol. The van der Waals surface area contributed by atoms with Crippen LogP contribution in [-0.2, 0) is 19.1 Å². The van der Waals surface area contributed by atoms with Crippen LogP contribution in [-0.4, -0.2) is 24.6 Å². The van der Waals surface area contributed by atoms with E-state index in [9.17, 15) is 9.59 Å². The van der Waals surface area contributed by atoms with Crippen LogP contribution in [0.5, 0.6) is 0 Å². The molecule has 0 rings (SSSR count). The van der Waals surface area contributed by atoms with Crippen molar-refractivity contribution in [1.82, 2.24) is 0 Å². The lowest BCUT2D eigenvalue weighted by molar-refractivity contribution is -0.148. The quantitative estimate of drug-likeness (QED) is 0.148. The monoisotopic (exact) mass is 426 g/mol. The number of ether oxygens (including phenoxy) is 2. The average molecular weight is 427 g/mol. The van der Waals surface area contributed by atoms with E-state index in [4.69, 9.17) is 9.47 Å². The van der Waals surface area contributed by atoms with Crippen molar-refractivity contribution in [3.8, 4) is 0 Å². The number of carbonyl (C=O) groups excluding carboxylic acids is 2. The van der Waals surface area contributed by atoms with Gasteiger partial charge in [0, 0.05) is 12.8 Å². The summed E-state index contributed by atoms with van der Waals surface area (Å²) in [4.78, 5) is 23.6. The molecular formula is C26H50O4. The van der Waals surface area contributed by atoms with Crippen molar-refractivity contribution in [2.75, 3.05) is 6.61 Å². The summed E-state index contributed by atoms with van der Waals surface area (Å²) in [5, 5.41) is 0. The Hall–Kier alpha value is -1.06. The zero-order valence-corrected chi connectivity index (χ0v) is 20.7. The molecule has 4 heteroatoms. The Kier molecular flexibility index (Phi) is 19.2. The third kappa shape index (κ3) is 21.6. The fourth-order valence-corrected chi connectivity index (χ4v) is 3.49. The molecule has 1 unspecified atom stereocenters. The first-order valence-corrected chi connectivity index (χ1v) is 12.7. The van der Waals surface area contributed by atoms with Gasteiger partial charge in [-0.05, 0) is 50.9 Å². The normalized spacial score (nSPS) is 12.4. The number of hydrogen-bond acceptors (Lipinski definition) is 4. The van der Waals surface area contributed by atoms with E-state index in [0.29, 0.717) is 19.4 Å². The maximum Gasteiger partial charge on any atom is 0.306 e. The minimum absolute atomic E-state index is 0.0556. The smallest absolute Gasteiger partial charge is 0.306 e. The molecule has 0 saturated carbocycles. The lowest BCUT2D eigenvalue weighted by Gasteiger charge is -2.13. The van der Waals surface area contributed by atoms with Crippen LogP contribution in [0, 0.1) is 11.8 Å². The van der Waals surface area contributed by atoms with Gasteiger partial charge in [-0.3, -0.25) is 9.59 Å². The first-order chi connectivity index (χ1) is 14.3. The van der Waals surface area contributed by atoms with E-state index in [2.05, 4.69) is 27.7 Å². The molecule has 0 aliphatic rings. The molecular weight excluding hydrogens is 376 g/mol. The van der Waals surface area contributed by atoms with Gasteiger partial charge in [-0.25, -0.2) is 0 Å². The van der Waals surface area contributed by atoms with Crippen LogP contribution in [0.3, 0.4) is 0 Å². The van der Waals surface area contributed by atoms with Gasteiger partial charge in [-0.2, -0.15) is 0 Å². The number of esters is 2. The second-order valence-electron chi connectivity index (χ2n) is 9.71. The molecule has 0 heterocycles. The molecule has 0 amide bonds. The molecule has 0 radical (unpaired) electrons. The van der Waals surface area contributed by atoms with Crippen LogP contribution in [0.25, 0.3) is 0 Å². The Morgan fingerprint density at radius 3 is 1.57 bits per heavy atom. The fraction of sp³-hybridized carbons (Fsp3) is 0.923. The van der Waals surface area contributed by atoms with Gasteiger partial charge in [-0.15, -0.1) is 0 Å². The van der Waals surface area contributed by atoms with Crippen molar-refractivity contribution in [3.05, 3.63) is 0 Å². The van der Waals surface area contributed by atoms with E-state index in [-0.39, 0.29) is 18.0 Å². The Bertz CT molecular complexity index is 417. The van der Waals surface area contributed by atoms with Gasteiger partial charge in [0.05, 0.1) is 12.7 Å². The molecule has 0 aliphatic carbocycles. The van der Waals surface area contributed by atoms with Crippen molar-refractivity contribution >= 4 is 11.9 Å². The number of unbranched alkanes of at least 4 members (excludes halogenated alkanes) is 7. The summed E-state index contributed by atoms with van der Waals surface area (Å²) in [5.41, 5.74) is 0. The first-order valence-electron chi connectivity index (χ1n) is 12.7. The zero-order chi connectivity index (χ0) is 22.6. The highest BCUT2D eigenvalue weighted by molar-refractivity contribution is 5.69. The lowest BCUT2D eigenvalue weighted by Crippen LogP contribution is -2.15. The summed E-state index contributed by atoms with van der Waals surface area (Å²) in [6, 6.07) is 0. The van der Waals surface area contributed by atoms with E-state index in [0.717, 1.165) is 56.8 Å². The Balaban J connectivity index is 3.47. The Labute approximate surface area is 186 Å². The maximum absolute atomic E-state index is 11.9. The van der Waals surface area contributed by atoms with Crippen molar-refractivity contribution in [3.63, 3.8) is 0 Å². The number of carbonyl (C=O) groups is 2. The van der Waals surface area contributed by atoms with E-state index >= 15 is 0 Å². The molecule has 0 saturated heterocycles. The standard InChI is InChI=1S/C26H50O4/c1-22(2)16-10-6-8-12-19-25(27)29-21-15-14-18-24(5)30-26(28)20-13-9-7-11-17-23(3)4/h22-24H,6-21H2,1-5H3. The highest BCUT2D eigenvalue weighted by Crippen LogP contribution is 2.13. The van der Waals surface area contributed by atoms with E-state index < -0.39 is 0 Å². The molecule has 0 N–H and O–H groups in total. The molecule has 30 heavy (non-hydrogen) atoms. The van der Waals surface area contributed by atoms with Crippen LogP contribution in [0.15, 0.2) is 0 Å². The second-order valence-corrected chi connectivity index (χ2v) is 9.71. The number of rotatable bonds is 20. The fourth-order valence-electron chi connectivity index (χ4n) is 3.49. The number of hydrogen-bond donors (Lipinski definition) is 0. The molecule has 0 spiro atoms. The molecule has 0 aromatic heterocycles. The first kappa shape index (κ1) is 28.9. The molecule has 1 atom stereocenters. The molecule has 0 aromatic rings. The molecule has 0 bridgehead atoms. The zero-order valence-electron chi connectivity index (χ0n) is 20.7. The van der Waals surface area contributed by atoms with Crippen LogP contribution < -0.4 is 0 Å². The molecule has 0 aliphatic heterocycles. The van der Waals surface area contributed by atoms with Gasteiger partial charge in [0.1, 0.15) is 0 Å². The Morgan fingerprint density at radius 1 is 0.567 bits per heavy atom. The van der Waals surface area contributed by atoms with Gasteiger partial charge < -0.3 is 9.47 Å². The van der Waals surface area contributed by atoms with Crippen molar-refractivity contribution in [2.24, 2.45) is 11.8 Å². The van der Waals surface area contributed by atoms with Crippen LogP contribution in [0.4, 0.5) is 0 Å². The molecule has 0 aromatic carbocycles. The third-order valence-corrected chi connectivity index (χ3v) is 5.43. The summed E-state index contributed by atoms with van der Waals surface area (Å²) in [6.07, 6.45) is 15.1. The van der Waals surface area contributed by atoms with Gasteiger partial charge in [0.25, 0.3) is 0 Å². The average Bonchev–Trinajstić information content (AvgIpc) is 2.66. The molecule has 0 fully saturated rings. The second kappa shape index (κ2) is 19.9. The Morgan fingerprint density at radius 2 is 1.03 bits per heavy atom. The van der Waals surface area contributed by atoms with Gasteiger partial charge >= 0.3 is 11.9 Å². The minimum atomic E-state index is -0.0776. The van der Waals surface area contributed by atoms with Crippen molar-refractivity contribution in [1.29, 1.82) is 0 Å². The largest absolute Gasteiger partial charge is 0.466 e. The van der Waals surface area contributed by atoms with E-state index in [1.54, 1.807) is 0 Å². The molecule has 4 nitrogen and oxygen atoms in total. The third-order valence-electron chi connectivity index (χ3n) is 5.43. The summed E-state index contributed by atoms with van der Waals surface area (Å²) in [6.45, 7) is 11.4. The topological polar surface area (TPSA) is 52.6 Å². The van der Waals surface area contributed by atoms with Crippen LogP contribution in [0.1, 0.15) is 131 Å². The maximum atomic E-state index is 11.9. The predicted octanol–water partition coefficient (Wildman–Crippen LogP) is 7.62. The van der Waals surface area contributed by atoms with Crippen LogP contribution >= 0.6 is 0 Å². The highest BCUT2D eigenvalue weighted by Gasteiger charge is 2.10. The minimum Gasteiger partial charge on any atom is -0.466 e. The van der Waals surface area contributed by atoms with Crippen molar-refractivity contribution < 1.29 is 19.1 Å². The lowest BCUT2D eigenvalue weighted by atomic mass is 10.0. The summed E-state index contributed by atoms with van der Waals surface area (Å²) < 4.78 is 10.8. The SMILES string of the molecule is CC(C)CCCCCCC(=O)OCCCCC(C)OC(=O)CCCCCCC(C)C. The van der Waals surface area contributed by atoms with Gasteiger partial charge in [0.2, 0.25) is 0 Å². The van der Waals surface area contributed by atoms with Crippen molar-refractivity contribution in [2.45, 2.75) is 137 Å². The molecule has 178 valence electrons. The van der Waals surface area contributed by atoms with Gasteiger partial charge in [-0.1, -0.05) is 79.1 Å². The highest BCUT2D eigenvalue weighted by atomic mass is 16.5. The van der Waals surface area contributed by atoms with Crippen LogP contribution in [0.2, 0.25) is 0 Å². The summed E-state index contributed by atoms with van der Waals surface area (Å²) in [7, 11) is 0.